The van der Waals surface area contributed by atoms with Crippen LogP contribution in [0.5, 0.6) is 0 Å². The van der Waals surface area contributed by atoms with Crippen LogP contribution in [-0.2, 0) is 0 Å². The van der Waals surface area contributed by atoms with Gasteiger partial charge in [-0.15, -0.1) is 0 Å². The number of hydrogen-bond acceptors (Lipinski definition) is 4. The van der Waals surface area contributed by atoms with Gasteiger partial charge in [0, 0.05) is 6.20 Å². The molecule has 4 aromatic rings. The Labute approximate surface area is 173 Å². The van der Waals surface area contributed by atoms with Crippen LogP contribution in [0.4, 0.5) is 5.69 Å². The number of carbonyl (C=O) groups excluding carboxylic acids is 2. The lowest BCUT2D eigenvalue weighted by Crippen LogP contribution is -2.30. The molecule has 0 N–H and O–H groups in total. The van der Waals surface area contributed by atoms with Crippen molar-refractivity contribution in [2.45, 2.75) is 27.7 Å². The predicted molar refractivity (Wildman–Crippen MR) is 115 cm³/mol. The highest BCUT2D eigenvalue weighted by molar-refractivity contribution is 6.37. The first kappa shape index (κ1) is 18.2. The largest absolute Gasteiger partial charge is 0.268 e. The SMILES string of the molecule is Cc1ccc(-n2nc(C)c3c4c(cnc32)C(=O)N(c2ccccc2C)C4=O)cc1C. The van der Waals surface area contributed by atoms with Gasteiger partial charge in [-0.25, -0.2) is 14.6 Å². The smallest absolute Gasteiger partial charge is 0.267 e. The van der Waals surface area contributed by atoms with E-state index in [2.05, 4.69) is 17.0 Å². The van der Waals surface area contributed by atoms with Crippen molar-refractivity contribution in [2.75, 3.05) is 4.90 Å². The number of imide groups is 1. The number of aryl methyl sites for hydroxylation is 4. The maximum absolute atomic E-state index is 13.4. The van der Waals surface area contributed by atoms with Crippen LogP contribution >= 0.6 is 0 Å². The highest BCUT2D eigenvalue weighted by Gasteiger charge is 2.40. The molecule has 0 bridgehead atoms. The van der Waals surface area contributed by atoms with E-state index in [1.54, 1.807) is 10.7 Å². The van der Waals surface area contributed by atoms with E-state index in [0.717, 1.165) is 16.8 Å². The van der Waals surface area contributed by atoms with Crippen molar-refractivity contribution in [3.8, 4) is 5.69 Å². The maximum Gasteiger partial charge on any atom is 0.267 e. The van der Waals surface area contributed by atoms with E-state index in [0.29, 0.717) is 33.5 Å². The van der Waals surface area contributed by atoms with E-state index in [1.165, 1.54) is 16.7 Å². The highest BCUT2D eigenvalue weighted by Crippen LogP contribution is 2.35. The lowest BCUT2D eigenvalue weighted by molar-refractivity contribution is 0.0926. The Balaban J connectivity index is 1.73. The fraction of sp³-hybridized carbons (Fsp3) is 0.167. The van der Waals surface area contributed by atoms with E-state index >= 15 is 0 Å². The number of para-hydroxylation sites is 1. The van der Waals surface area contributed by atoms with Gasteiger partial charge >= 0.3 is 0 Å². The number of carbonyl (C=O) groups is 2. The van der Waals surface area contributed by atoms with Gasteiger partial charge in [0.1, 0.15) is 0 Å². The molecule has 0 fully saturated rings. The average Bonchev–Trinajstić information content (AvgIpc) is 3.19. The zero-order chi connectivity index (χ0) is 21.2. The van der Waals surface area contributed by atoms with Gasteiger partial charge in [0.25, 0.3) is 11.8 Å². The Morgan fingerprint density at radius 1 is 0.833 bits per heavy atom. The first-order valence-corrected chi connectivity index (χ1v) is 9.79. The maximum atomic E-state index is 13.4. The molecule has 0 radical (unpaired) electrons. The zero-order valence-corrected chi connectivity index (χ0v) is 17.2. The fourth-order valence-corrected chi connectivity index (χ4v) is 4.03. The molecule has 2 amide bonds. The number of aromatic nitrogens is 3. The number of anilines is 1. The molecule has 3 heterocycles. The average molecular weight is 396 g/mol. The number of hydrogen-bond donors (Lipinski definition) is 0. The molecule has 1 aliphatic heterocycles. The van der Waals surface area contributed by atoms with E-state index in [9.17, 15) is 9.59 Å². The van der Waals surface area contributed by atoms with Gasteiger partial charge in [0.15, 0.2) is 5.65 Å². The number of amides is 2. The molecule has 6 heteroatoms. The van der Waals surface area contributed by atoms with Gasteiger partial charge in [0.05, 0.1) is 33.6 Å². The number of benzene rings is 2. The summed E-state index contributed by atoms with van der Waals surface area (Å²) in [6.45, 7) is 7.83. The monoisotopic (exact) mass is 396 g/mol. The molecule has 148 valence electrons. The van der Waals surface area contributed by atoms with Crippen LogP contribution in [0.25, 0.3) is 16.7 Å². The summed E-state index contributed by atoms with van der Waals surface area (Å²) >= 11 is 0. The number of pyridine rings is 1. The summed E-state index contributed by atoms with van der Waals surface area (Å²) in [6, 6.07) is 13.4. The highest BCUT2D eigenvalue weighted by atomic mass is 16.2. The minimum atomic E-state index is -0.350. The summed E-state index contributed by atoms with van der Waals surface area (Å²) in [6.07, 6.45) is 1.49. The molecule has 6 nitrogen and oxygen atoms in total. The summed E-state index contributed by atoms with van der Waals surface area (Å²) in [4.78, 5) is 32.3. The van der Waals surface area contributed by atoms with Crippen LogP contribution in [-0.4, -0.2) is 26.6 Å². The van der Waals surface area contributed by atoms with Gasteiger partial charge in [-0.05, 0) is 62.6 Å². The van der Waals surface area contributed by atoms with Crippen LogP contribution in [0.1, 0.15) is 43.1 Å². The van der Waals surface area contributed by atoms with Gasteiger partial charge in [0.2, 0.25) is 0 Å². The summed E-state index contributed by atoms with van der Waals surface area (Å²) in [7, 11) is 0. The Morgan fingerprint density at radius 3 is 2.33 bits per heavy atom. The first-order valence-electron chi connectivity index (χ1n) is 9.79. The molecule has 0 aliphatic carbocycles. The van der Waals surface area contributed by atoms with E-state index in [4.69, 9.17) is 0 Å². The molecule has 2 aromatic carbocycles. The standard InChI is InChI=1S/C24H20N4O2/c1-13-9-10-17(11-15(13)3)28-22-20(16(4)26-28)21-18(12-25-22)23(29)27(24(21)30)19-8-6-5-7-14(19)2/h5-12H,1-4H3. The quantitative estimate of drug-likeness (QED) is 0.469. The number of nitrogens with zero attached hydrogens (tertiary/aromatic N) is 4. The van der Waals surface area contributed by atoms with Crippen molar-refractivity contribution >= 4 is 28.5 Å². The molecule has 0 atom stereocenters. The van der Waals surface area contributed by atoms with Crippen molar-refractivity contribution in [3.63, 3.8) is 0 Å². The minimum Gasteiger partial charge on any atom is -0.268 e. The van der Waals surface area contributed by atoms with Crippen molar-refractivity contribution in [3.05, 3.63) is 82.2 Å². The van der Waals surface area contributed by atoms with Crippen molar-refractivity contribution in [2.24, 2.45) is 0 Å². The lowest BCUT2D eigenvalue weighted by Gasteiger charge is -2.16. The van der Waals surface area contributed by atoms with Crippen LogP contribution in [0.15, 0.2) is 48.7 Å². The molecule has 2 aromatic heterocycles. The van der Waals surface area contributed by atoms with Crippen molar-refractivity contribution < 1.29 is 9.59 Å². The van der Waals surface area contributed by atoms with Crippen LogP contribution in [0, 0.1) is 27.7 Å². The number of rotatable bonds is 2. The summed E-state index contributed by atoms with van der Waals surface area (Å²) < 4.78 is 1.74. The van der Waals surface area contributed by atoms with Gasteiger partial charge < -0.3 is 0 Å². The molecular formula is C24H20N4O2. The Bertz CT molecular complexity index is 1380. The molecule has 0 unspecified atom stereocenters. The summed E-state index contributed by atoms with van der Waals surface area (Å²) in [5.74, 6) is -0.684. The van der Waals surface area contributed by atoms with Crippen LogP contribution < -0.4 is 4.90 Å². The van der Waals surface area contributed by atoms with E-state index in [1.807, 2.05) is 57.2 Å². The van der Waals surface area contributed by atoms with Gasteiger partial charge in [-0.1, -0.05) is 24.3 Å². The molecule has 0 saturated carbocycles. The van der Waals surface area contributed by atoms with Crippen molar-refractivity contribution in [1.82, 2.24) is 14.8 Å². The second-order valence-electron chi connectivity index (χ2n) is 7.74. The molecular weight excluding hydrogens is 376 g/mol. The predicted octanol–water partition coefficient (Wildman–Crippen LogP) is 4.45. The van der Waals surface area contributed by atoms with Crippen LogP contribution in [0.2, 0.25) is 0 Å². The molecule has 5 rings (SSSR count). The Kier molecular flexibility index (Phi) is 3.86. The summed E-state index contributed by atoms with van der Waals surface area (Å²) in [5, 5.41) is 5.28. The Hall–Kier alpha value is -3.80. The minimum absolute atomic E-state index is 0.318. The first-order chi connectivity index (χ1) is 14.4. The molecule has 1 aliphatic rings. The third kappa shape index (κ3) is 2.43. The molecule has 30 heavy (non-hydrogen) atoms. The molecule has 0 spiro atoms. The normalized spacial score (nSPS) is 13.4. The summed E-state index contributed by atoms with van der Waals surface area (Å²) in [5.41, 5.74) is 6.59. The lowest BCUT2D eigenvalue weighted by atomic mass is 10.1. The zero-order valence-electron chi connectivity index (χ0n) is 17.2. The topological polar surface area (TPSA) is 68.1 Å². The second-order valence-corrected chi connectivity index (χ2v) is 7.74. The van der Waals surface area contributed by atoms with E-state index < -0.39 is 0 Å². The Morgan fingerprint density at radius 2 is 1.60 bits per heavy atom. The van der Waals surface area contributed by atoms with Crippen LogP contribution in [0.3, 0.4) is 0 Å². The van der Waals surface area contributed by atoms with Crippen molar-refractivity contribution in [1.29, 1.82) is 0 Å². The third-order valence-corrected chi connectivity index (χ3v) is 5.81. The number of fused-ring (bicyclic) bond motifs is 3. The van der Waals surface area contributed by atoms with Gasteiger partial charge in [-0.2, -0.15) is 5.10 Å². The fourth-order valence-electron chi connectivity index (χ4n) is 4.03. The van der Waals surface area contributed by atoms with Gasteiger partial charge in [-0.3, -0.25) is 9.59 Å². The van der Waals surface area contributed by atoms with E-state index in [-0.39, 0.29) is 11.8 Å². The third-order valence-electron chi connectivity index (χ3n) is 5.81. The second kappa shape index (κ2) is 6.35. The molecule has 0 saturated heterocycles.